The van der Waals surface area contributed by atoms with Crippen molar-refractivity contribution in [2.24, 2.45) is 0 Å². The molecule has 0 radical (unpaired) electrons. The largest absolute Gasteiger partial charge is 0.485 e. The standard InChI is InChI=1S/C15H14O2/c1-11(2)14(16)10-17-15-9-5-7-12-6-3-4-8-13(12)15/h3-9H,1,10H2,2H3. The molecule has 0 amide bonds. The van der Waals surface area contributed by atoms with Gasteiger partial charge in [-0.2, -0.15) is 0 Å². The third-order valence-corrected chi connectivity index (χ3v) is 2.58. The monoisotopic (exact) mass is 226 g/mol. The Bertz CT molecular complexity index is 565. The highest BCUT2D eigenvalue weighted by molar-refractivity contribution is 5.95. The molecule has 2 aromatic carbocycles. The quantitative estimate of drug-likeness (QED) is 0.747. The van der Waals surface area contributed by atoms with Crippen LogP contribution in [0.3, 0.4) is 0 Å². The molecule has 2 heteroatoms. The smallest absolute Gasteiger partial charge is 0.195 e. The highest BCUT2D eigenvalue weighted by atomic mass is 16.5. The molecule has 2 nitrogen and oxygen atoms in total. The van der Waals surface area contributed by atoms with E-state index in [4.69, 9.17) is 4.74 Å². The Morgan fingerprint density at radius 3 is 2.65 bits per heavy atom. The van der Waals surface area contributed by atoms with Gasteiger partial charge in [-0.05, 0) is 23.9 Å². The molecule has 0 fully saturated rings. The third kappa shape index (κ3) is 2.53. The summed E-state index contributed by atoms with van der Waals surface area (Å²) in [5.41, 5.74) is 0.519. The maximum Gasteiger partial charge on any atom is 0.195 e. The molecule has 2 aromatic rings. The van der Waals surface area contributed by atoms with Crippen LogP contribution in [0.1, 0.15) is 6.92 Å². The van der Waals surface area contributed by atoms with Gasteiger partial charge in [0.25, 0.3) is 0 Å². The predicted octanol–water partition coefficient (Wildman–Crippen LogP) is 3.36. The molecule has 0 aliphatic carbocycles. The number of hydrogen-bond donors (Lipinski definition) is 0. The number of ketones is 1. The summed E-state index contributed by atoms with van der Waals surface area (Å²) in [5.74, 6) is 0.663. The fourth-order valence-corrected chi connectivity index (χ4v) is 1.59. The molecule has 0 atom stereocenters. The molecule has 0 aliphatic heterocycles. The van der Waals surface area contributed by atoms with E-state index in [9.17, 15) is 4.79 Å². The number of carbonyl (C=O) groups is 1. The maximum absolute atomic E-state index is 11.4. The fourth-order valence-electron chi connectivity index (χ4n) is 1.59. The molecule has 0 saturated heterocycles. The zero-order valence-electron chi connectivity index (χ0n) is 9.77. The Hall–Kier alpha value is -2.09. The summed E-state index contributed by atoms with van der Waals surface area (Å²) in [6.07, 6.45) is 0. The lowest BCUT2D eigenvalue weighted by Crippen LogP contribution is -2.11. The van der Waals surface area contributed by atoms with Gasteiger partial charge < -0.3 is 4.74 Å². The summed E-state index contributed by atoms with van der Waals surface area (Å²) in [7, 11) is 0. The molecule has 0 aliphatic rings. The van der Waals surface area contributed by atoms with Gasteiger partial charge in [-0.15, -0.1) is 0 Å². The minimum atomic E-state index is -0.0714. The Balaban J connectivity index is 2.24. The summed E-state index contributed by atoms with van der Waals surface area (Å²) < 4.78 is 5.53. The van der Waals surface area contributed by atoms with Crippen molar-refractivity contribution in [1.82, 2.24) is 0 Å². The normalized spacial score (nSPS) is 10.2. The van der Waals surface area contributed by atoms with Gasteiger partial charge in [-0.1, -0.05) is 43.0 Å². The van der Waals surface area contributed by atoms with Crippen molar-refractivity contribution in [3.8, 4) is 5.75 Å². The van der Waals surface area contributed by atoms with Gasteiger partial charge >= 0.3 is 0 Å². The minimum absolute atomic E-state index is 0.0450. The van der Waals surface area contributed by atoms with Crippen LogP contribution in [-0.2, 0) is 4.79 Å². The molecule has 0 N–H and O–H groups in total. The van der Waals surface area contributed by atoms with Gasteiger partial charge in [0, 0.05) is 5.39 Å². The van der Waals surface area contributed by atoms with Crippen molar-refractivity contribution >= 4 is 16.6 Å². The zero-order chi connectivity index (χ0) is 12.3. The number of fused-ring (bicyclic) bond motifs is 1. The van der Waals surface area contributed by atoms with Gasteiger partial charge in [0.15, 0.2) is 12.4 Å². The van der Waals surface area contributed by atoms with Crippen molar-refractivity contribution in [3.05, 3.63) is 54.6 Å². The van der Waals surface area contributed by atoms with E-state index in [1.165, 1.54) is 0 Å². The van der Waals surface area contributed by atoms with E-state index in [2.05, 4.69) is 6.58 Å². The van der Waals surface area contributed by atoms with Gasteiger partial charge in [-0.25, -0.2) is 0 Å². The Morgan fingerprint density at radius 1 is 1.18 bits per heavy atom. The minimum Gasteiger partial charge on any atom is -0.485 e. The summed E-state index contributed by atoms with van der Waals surface area (Å²) in [5, 5.41) is 2.12. The first-order chi connectivity index (χ1) is 8.18. The van der Waals surface area contributed by atoms with Crippen LogP contribution in [0.15, 0.2) is 54.6 Å². The molecule has 17 heavy (non-hydrogen) atoms. The van der Waals surface area contributed by atoms with Crippen molar-refractivity contribution in [3.63, 3.8) is 0 Å². The molecule has 0 spiro atoms. The lowest BCUT2D eigenvalue weighted by Gasteiger charge is -2.08. The van der Waals surface area contributed by atoms with Crippen LogP contribution in [0.4, 0.5) is 0 Å². The molecule has 0 aromatic heterocycles. The number of carbonyl (C=O) groups excluding carboxylic acids is 1. The lowest BCUT2D eigenvalue weighted by molar-refractivity contribution is -0.117. The average Bonchev–Trinajstić information content (AvgIpc) is 2.35. The van der Waals surface area contributed by atoms with E-state index in [0.717, 1.165) is 16.5 Å². The van der Waals surface area contributed by atoms with Crippen LogP contribution in [-0.4, -0.2) is 12.4 Å². The van der Waals surface area contributed by atoms with Gasteiger partial charge in [-0.3, -0.25) is 4.79 Å². The summed E-state index contributed by atoms with van der Waals surface area (Å²) in [4.78, 5) is 11.4. The van der Waals surface area contributed by atoms with E-state index in [1.807, 2.05) is 42.5 Å². The fraction of sp³-hybridized carbons (Fsp3) is 0.133. The molecule has 0 saturated carbocycles. The highest BCUT2D eigenvalue weighted by Crippen LogP contribution is 2.25. The van der Waals surface area contributed by atoms with Crippen LogP contribution < -0.4 is 4.74 Å². The predicted molar refractivity (Wildman–Crippen MR) is 69.3 cm³/mol. The molecule has 0 unspecified atom stereocenters. The van der Waals surface area contributed by atoms with Crippen LogP contribution in [0.5, 0.6) is 5.75 Å². The molecule has 0 bridgehead atoms. The topological polar surface area (TPSA) is 26.3 Å². The van der Waals surface area contributed by atoms with Crippen molar-refractivity contribution in [2.45, 2.75) is 6.92 Å². The van der Waals surface area contributed by atoms with E-state index < -0.39 is 0 Å². The summed E-state index contributed by atoms with van der Waals surface area (Å²) in [6.45, 7) is 5.33. The number of benzene rings is 2. The molecule has 86 valence electrons. The Labute approximate surface area is 101 Å². The van der Waals surface area contributed by atoms with Gasteiger partial charge in [0.05, 0.1) is 0 Å². The van der Waals surface area contributed by atoms with Crippen LogP contribution in [0.2, 0.25) is 0 Å². The van der Waals surface area contributed by atoms with E-state index in [0.29, 0.717) is 5.57 Å². The third-order valence-electron chi connectivity index (χ3n) is 2.58. The first kappa shape index (κ1) is 11.4. The number of hydrogen-bond acceptors (Lipinski definition) is 2. The average molecular weight is 226 g/mol. The zero-order valence-corrected chi connectivity index (χ0v) is 9.77. The SMILES string of the molecule is C=C(C)C(=O)COc1cccc2ccccc12. The first-order valence-corrected chi connectivity index (χ1v) is 5.48. The highest BCUT2D eigenvalue weighted by Gasteiger charge is 2.05. The summed E-state index contributed by atoms with van der Waals surface area (Å²) >= 11 is 0. The van der Waals surface area contributed by atoms with Crippen LogP contribution in [0, 0.1) is 0 Å². The molecular weight excluding hydrogens is 212 g/mol. The lowest BCUT2D eigenvalue weighted by atomic mass is 10.1. The van der Waals surface area contributed by atoms with Crippen LogP contribution in [0.25, 0.3) is 10.8 Å². The molecular formula is C15H14O2. The molecule has 2 rings (SSSR count). The van der Waals surface area contributed by atoms with Crippen molar-refractivity contribution < 1.29 is 9.53 Å². The van der Waals surface area contributed by atoms with Crippen LogP contribution >= 0.6 is 0 Å². The number of Topliss-reactive ketones (excluding diaryl/α,β-unsaturated/α-hetero) is 1. The maximum atomic E-state index is 11.4. The van der Waals surface area contributed by atoms with Crippen molar-refractivity contribution in [1.29, 1.82) is 0 Å². The van der Waals surface area contributed by atoms with E-state index in [-0.39, 0.29) is 12.4 Å². The first-order valence-electron chi connectivity index (χ1n) is 5.48. The van der Waals surface area contributed by atoms with Gasteiger partial charge in [0.1, 0.15) is 5.75 Å². The summed E-state index contributed by atoms with van der Waals surface area (Å²) in [6, 6.07) is 13.7. The Kier molecular flexibility index (Phi) is 3.24. The number of ether oxygens (including phenoxy) is 1. The second-order valence-electron chi connectivity index (χ2n) is 3.97. The van der Waals surface area contributed by atoms with E-state index >= 15 is 0 Å². The van der Waals surface area contributed by atoms with Crippen molar-refractivity contribution in [2.75, 3.05) is 6.61 Å². The van der Waals surface area contributed by atoms with Gasteiger partial charge in [0.2, 0.25) is 0 Å². The Morgan fingerprint density at radius 2 is 1.88 bits per heavy atom. The second kappa shape index (κ2) is 4.83. The second-order valence-corrected chi connectivity index (χ2v) is 3.97. The molecule has 0 heterocycles. The van der Waals surface area contributed by atoms with E-state index in [1.54, 1.807) is 6.92 Å². The number of rotatable bonds is 4.